The first-order chi connectivity index (χ1) is 19.1. The number of fused-ring (bicyclic) bond motifs is 1. The van der Waals surface area contributed by atoms with Crippen molar-refractivity contribution in [2.45, 2.75) is 68.5 Å². The van der Waals surface area contributed by atoms with Gasteiger partial charge in [0.15, 0.2) is 0 Å². The lowest BCUT2D eigenvalue weighted by molar-refractivity contribution is -0.143. The lowest BCUT2D eigenvalue weighted by Crippen LogP contribution is -2.56. The number of nitrogens with zero attached hydrogens (tertiary/aromatic N) is 3. The van der Waals surface area contributed by atoms with E-state index in [-0.39, 0.29) is 36.9 Å². The zero-order valence-electron chi connectivity index (χ0n) is 24.2. The van der Waals surface area contributed by atoms with Crippen LogP contribution in [0, 0.1) is 11.8 Å². The molecule has 0 saturated carbocycles. The SMILES string of the molecule is C=CCN(C(=O)[C@H]1[C@H]2C(=O)N(CCCO)C(C(=O)N(CC=C)C(C)C)C23CC[C@]1(C)S3)c1ccc(OCC)cc1. The second-order valence-electron chi connectivity index (χ2n) is 11.4. The Morgan fingerprint density at radius 3 is 2.42 bits per heavy atom. The number of aliphatic hydroxyl groups excluding tert-OH is 1. The number of rotatable bonds is 13. The molecule has 3 fully saturated rings. The number of carbonyl (C=O) groups is 3. The van der Waals surface area contributed by atoms with E-state index in [1.165, 1.54) is 0 Å². The van der Waals surface area contributed by atoms with Gasteiger partial charge in [-0.2, -0.15) is 0 Å². The van der Waals surface area contributed by atoms with Crippen LogP contribution in [-0.2, 0) is 14.4 Å². The minimum Gasteiger partial charge on any atom is -0.494 e. The van der Waals surface area contributed by atoms with Gasteiger partial charge in [0.2, 0.25) is 17.7 Å². The van der Waals surface area contributed by atoms with Crippen molar-refractivity contribution in [2.24, 2.45) is 11.8 Å². The number of anilines is 1. The van der Waals surface area contributed by atoms with Gasteiger partial charge >= 0.3 is 0 Å². The van der Waals surface area contributed by atoms with Crippen molar-refractivity contribution in [3.05, 3.63) is 49.6 Å². The summed E-state index contributed by atoms with van der Waals surface area (Å²) in [6.45, 7) is 17.1. The summed E-state index contributed by atoms with van der Waals surface area (Å²) in [7, 11) is 0. The smallest absolute Gasteiger partial charge is 0.247 e. The van der Waals surface area contributed by atoms with Crippen molar-refractivity contribution >= 4 is 35.2 Å². The van der Waals surface area contributed by atoms with Crippen LogP contribution in [0.1, 0.15) is 47.0 Å². The molecule has 1 N–H and O–H groups in total. The summed E-state index contributed by atoms with van der Waals surface area (Å²) in [5, 5.41) is 9.61. The van der Waals surface area contributed by atoms with E-state index in [0.717, 1.165) is 12.2 Å². The Kier molecular flexibility index (Phi) is 9.05. The van der Waals surface area contributed by atoms with Crippen LogP contribution >= 0.6 is 11.8 Å². The Balaban J connectivity index is 1.76. The largest absolute Gasteiger partial charge is 0.494 e. The van der Waals surface area contributed by atoms with Crippen LogP contribution in [0.5, 0.6) is 5.75 Å². The number of ether oxygens (including phenoxy) is 1. The van der Waals surface area contributed by atoms with E-state index in [9.17, 15) is 19.5 Å². The van der Waals surface area contributed by atoms with Crippen molar-refractivity contribution in [1.82, 2.24) is 9.80 Å². The molecule has 5 atom stereocenters. The molecule has 3 heterocycles. The first-order valence-electron chi connectivity index (χ1n) is 14.3. The molecule has 40 heavy (non-hydrogen) atoms. The fourth-order valence-corrected chi connectivity index (χ4v) is 9.27. The van der Waals surface area contributed by atoms with Crippen LogP contribution in [0.3, 0.4) is 0 Å². The van der Waals surface area contributed by atoms with Gasteiger partial charge in [-0.15, -0.1) is 24.9 Å². The molecular weight excluding hydrogens is 526 g/mol. The number of aliphatic hydroxyl groups is 1. The fraction of sp³-hybridized carbons (Fsp3) is 0.581. The molecule has 3 amide bonds. The second-order valence-corrected chi connectivity index (χ2v) is 13.3. The van der Waals surface area contributed by atoms with Crippen LogP contribution < -0.4 is 9.64 Å². The molecule has 1 spiro atoms. The highest BCUT2D eigenvalue weighted by molar-refractivity contribution is 8.02. The van der Waals surface area contributed by atoms with E-state index in [2.05, 4.69) is 20.1 Å². The van der Waals surface area contributed by atoms with Crippen molar-refractivity contribution in [3.8, 4) is 5.75 Å². The quantitative estimate of drug-likeness (QED) is 0.363. The summed E-state index contributed by atoms with van der Waals surface area (Å²) >= 11 is 1.66. The first-order valence-corrected chi connectivity index (χ1v) is 15.1. The van der Waals surface area contributed by atoms with E-state index in [1.54, 1.807) is 38.6 Å². The van der Waals surface area contributed by atoms with Gasteiger partial charge in [0.25, 0.3) is 0 Å². The molecule has 3 saturated heterocycles. The highest BCUT2D eigenvalue weighted by atomic mass is 32.2. The molecule has 0 radical (unpaired) electrons. The molecule has 2 bridgehead atoms. The highest BCUT2D eigenvalue weighted by Crippen LogP contribution is 2.71. The van der Waals surface area contributed by atoms with E-state index in [4.69, 9.17) is 4.74 Å². The molecule has 1 aromatic rings. The predicted octanol–water partition coefficient (Wildman–Crippen LogP) is 3.89. The monoisotopic (exact) mass is 569 g/mol. The van der Waals surface area contributed by atoms with Gasteiger partial charge in [0.1, 0.15) is 11.8 Å². The second kappa shape index (κ2) is 12.0. The van der Waals surface area contributed by atoms with Crippen molar-refractivity contribution in [1.29, 1.82) is 0 Å². The maximum absolute atomic E-state index is 14.5. The zero-order chi connectivity index (χ0) is 29.2. The van der Waals surface area contributed by atoms with E-state index in [0.29, 0.717) is 38.2 Å². The van der Waals surface area contributed by atoms with E-state index < -0.39 is 27.4 Å². The number of thioether (sulfide) groups is 1. The fourth-order valence-electron chi connectivity index (χ4n) is 6.92. The number of carbonyl (C=O) groups excluding carboxylic acids is 3. The maximum Gasteiger partial charge on any atom is 0.247 e. The molecule has 3 aliphatic rings. The number of hydrogen-bond acceptors (Lipinski definition) is 6. The van der Waals surface area contributed by atoms with Crippen LogP contribution in [0.4, 0.5) is 5.69 Å². The summed E-state index contributed by atoms with van der Waals surface area (Å²) in [6, 6.07) is 6.63. The Hall–Kier alpha value is -2.78. The van der Waals surface area contributed by atoms with Crippen LogP contribution in [0.25, 0.3) is 0 Å². The van der Waals surface area contributed by atoms with Gasteiger partial charge in [-0.3, -0.25) is 14.4 Å². The van der Waals surface area contributed by atoms with Gasteiger partial charge in [0.05, 0.1) is 23.2 Å². The van der Waals surface area contributed by atoms with Crippen molar-refractivity contribution in [2.75, 3.05) is 37.7 Å². The molecule has 2 unspecified atom stereocenters. The molecule has 0 aromatic heterocycles. The number of hydrogen-bond donors (Lipinski definition) is 1. The Labute approximate surface area is 242 Å². The van der Waals surface area contributed by atoms with Crippen molar-refractivity contribution in [3.63, 3.8) is 0 Å². The van der Waals surface area contributed by atoms with Gasteiger partial charge in [0, 0.05) is 42.7 Å². The van der Waals surface area contributed by atoms with Gasteiger partial charge in [-0.05, 0) is 71.2 Å². The average Bonchev–Trinajstić information content (AvgIpc) is 3.49. The molecular formula is C31H43N3O5S. The zero-order valence-corrected chi connectivity index (χ0v) is 25.0. The molecule has 9 heteroatoms. The summed E-state index contributed by atoms with van der Waals surface area (Å²) in [6.07, 6.45) is 5.20. The third-order valence-electron chi connectivity index (χ3n) is 8.60. The highest BCUT2D eigenvalue weighted by Gasteiger charge is 2.77. The topological polar surface area (TPSA) is 90.4 Å². The van der Waals surface area contributed by atoms with Crippen LogP contribution in [0.15, 0.2) is 49.6 Å². The lowest BCUT2D eigenvalue weighted by Gasteiger charge is -2.39. The van der Waals surface area contributed by atoms with E-state index in [1.807, 2.05) is 45.0 Å². The standard InChI is InChI=1S/C31H43N3O5S/c1-7-17-32(21(4)5)29(38)26-31-16-15-30(6,40-31)24(25(31)28(37)34(26)19-10-20-35)27(36)33(18-8-2)22-11-13-23(14-12-22)39-9-3/h7-8,11-14,21,24-26,35H,1-2,9-10,15-20H2,3-6H3/t24-,25+,26?,30+,31?/m1/s1. The lowest BCUT2D eigenvalue weighted by atomic mass is 9.66. The maximum atomic E-state index is 14.5. The third kappa shape index (κ3) is 4.96. The molecule has 8 nitrogen and oxygen atoms in total. The number of benzene rings is 1. The minimum absolute atomic E-state index is 0.0740. The van der Waals surface area contributed by atoms with E-state index >= 15 is 0 Å². The third-order valence-corrected chi connectivity index (χ3v) is 10.6. The Morgan fingerprint density at radius 2 is 1.85 bits per heavy atom. The molecule has 3 aliphatic heterocycles. The number of likely N-dealkylation sites (tertiary alicyclic amines) is 1. The average molecular weight is 570 g/mol. The van der Waals surface area contributed by atoms with Crippen LogP contribution in [-0.4, -0.2) is 87.1 Å². The molecule has 218 valence electrons. The van der Waals surface area contributed by atoms with Gasteiger partial charge in [-0.25, -0.2) is 0 Å². The number of amides is 3. The Bertz CT molecular complexity index is 1140. The molecule has 4 rings (SSSR count). The van der Waals surface area contributed by atoms with Gasteiger partial charge in [-0.1, -0.05) is 12.2 Å². The van der Waals surface area contributed by atoms with Crippen LogP contribution in [0.2, 0.25) is 0 Å². The normalized spacial score (nSPS) is 28.5. The predicted molar refractivity (Wildman–Crippen MR) is 159 cm³/mol. The molecule has 1 aromatic carbocycles. The summed E-state index contributed by atoms with van der Waals surface area (Å²) in [4.78, 5) is 48.1. The Morgan fingerprint density at radius 1 is 1.18 bits per heavy atom. The summed E-state index contributed by atoms with van der Waals surface area (Å²) in [5.41, 5.74) is 0.714. The van der Waals surface area contributed by atoms with Gasteiger partial charge < -0.3 is 24.5 Å². The molecule has 0 aliphatic carbocycles. The first kappa shape index (κ1) is 30.2. The summed E-state index contributed by atoms with van der Waals surface area (Å²) in [5.74, 6) is -0.881. The van der Waals surface area contributed by atoms with Crippen molar-refractivity contribution < 1.29 is 24.2 Å². The minimum atomic E-state index is -0.703. The summed E-state index contributed by atoms with van der Waals surface area (Å²) < 4.78 is 4.40.